The molecule has 2 aromatic carbocycles. The van der Waals surface area contributed by atoms with Crippen molar-refractivity contribution in [2.45, 2.75) is 18.6 Å². The average molecular weight is 569 g/mol. The van der Waals surface area contributed by atoms with Gasteiger partial charge in [0.05, 0.1) is 30.5 Å². The Morgan fingerprint density at radius 1 is 1.23 bits per heavy atom. The molecule has 0 saturated heterocycles. The van der Waals surface area contributed by atoms with Crippen LogP contribution in [0.25, 0.3) is 10.9 Å². The largest absolute Gasteiger partial charge is 0.495 e. The Morgan fingerprint density at radius 2 is 2.03 bits per heavy atom. The molecule has 4 N–H and O–H groups in total. The molecule has 0 saturated carbocycles. The van der Waals surface area contributed by atoms with Crippen LogP contribution < -0.4 is 26.0 Å². The number of fused-ring (bicyclic) bond motifs is 1. The Balaban J connectivity index is 1.60. The first-order valence-electron chi connectivity index (χ1n) is 12.3. The summed E-state index contributed by atoms with van der Waals surface area (Å²) in [5, 5.41) is 15.9. The smallest absolute Gasteiger partial charge is 0.411 e. The summed E-state index contributed by atoms with van der Waals surface area (Å²) in [6.07, 6.45) is 0.242. The lowest BCUT2D eigenvalue weighted by molar-refractivity contribution is -0.119. The highest BCUT2D eigenvalue weighted by Crippen LogP contribution is 2.35. The van der Waals surface area contributed by atoms with Gasteiger partial charge in [0.15, 0.2) is 0 Å². The minimum atomic E-state index is -0.587. The molecule has 1 unspecified atom stereocenters. The summed E-state index contributed by atoms with van der Waals surface area (Å²) in [4.78, 5) is 30.0. The summed E-state index contributed by atoms with van der Waals surface area (Å²) in [5.41, 5.74) is 8.33. The number of methoxy groups -OCH3 is 1. The lowest BCUT2D eigenvalue weighted by Gasteiger charge is -2.23. The van der Waals surface area contributed by atoms with E-state index in [0.717, 1.165) is 34.5 Å². The topological polar surface area (TPSA) is 143 Å². The van der Waals surface area contributed by atoms with Gasteiger partial charge >= 0.3 is 6.09 Å². The van der Waals surface area contributed by atoms with Crippen molar-refractivity contribution in [3.8, 4) is 11.8 Å². The number of nitrogens with two attached hydrogens (primary N) is 1. The first kappa shape index (κ1) is 29.9. The van der Waals surface area contributed by atoms with Gasteiger partial charge in [0.1, 0.15) is 24.1 Å². The molecular weight excluding hydrogens is 536 g/mol. The van der Waals surface area contributed by atoms with E-state index in [1.165, 1.54) is 7.11 Å². The monoisotopic (exact) mass is 568 g/mol. The number of rotatable bonds is 13. The third kappa shape index (κ3) is 8.68. The highest BCUT2D eigenvalue weighted by Gasteiger charge is 2.16. The number of benzene rings is 2. The number of para-hydroxylation sites is 1. The van der Waals surface area contributed by atoms with Crippen molar-refractivity contribution >= 4 is 61.6 Å². The number of carbonyl (C=O) groups is 2. The van der Waals surface area contributed by atoms with Crippen LogP contribution in [-0.2, 0) is 9.53 Å². The van der Waals surface area contributed by atoms with Gasteiger partial charge in [-0.15, -0.1) is 0 Å². The van der Waals surface area contributed by atoms with Crippen LogP contribution in [0.2, 0.25) is 0 Å². The summed E-state index contributed by atoms with van der Waals surface area (Å²) < 4.78 is 10.9. The summed E-state index contributed by atoms with van der Waals surface area (Å²) >= 11 is 0. The van der Waals surface area contributed by atoms with Gasteiger partial charge < -0.3 is 25.4 Å². The van der Waals surface area contributed by atoms with Crippen LogP contribution >= 0.6 is 21.6 Å². The molecule has 1 atom stereocenters. The summed E-state index contributed by atoms with van der Waals surface area (Å²) in [7, 11) is 6.70. The first-order valence-corrected chi connectivity index (χ1v) is 14.6. The number of ether oxygens (including phenoxy) is 2. The number of nitriles is 1. The fourth-order valence-corrected chi connectivity index (χ4v) is 5.82. The molecule has 0 fully saturated rings. The average Bonchev–Trinajstić information content (AvgIpc) is 2.96. The molecule has 3 rings (SSSR count). The van der Waals surface area contributed by atoms with Crippen LogP contribution in [0.3, 0.4) is 0 Å². The van der Waals surface area contributed by atoms with E-state index in [1.54, 1.807) is 39.8 Å². The van der Waals surface area contributed by atoms with E-state index in [2.05, 4.69) is 21.7 Å². The molecule has 1 heterocycles. The molecule has 0 bridgehead atoms. The third-order valence-electron chi connectivity index (χ3n) is 5.57. The number of nitrogens with zero attached hydrogens (tertiary/aromatic N) is 3. The minimum absolute atomic E-state index is 0.00367. The van der Waals surface area contributed by atoms with Crippen LogP contribution in [0.5, 0.6) is 5.75 Å². The number of carbonyl (C=O) groups excluding carboxylic acids is 2. The molecule has 3 aromatic rings. The van der Waals surface area contributed by atoms with Crippen molar-refractivity contribution in [2.75, 3.05) is 49.8 Å². The second-order valence-electron chi connectivity index (χ2n) is 8.46. The van der Waals surface area contributed by atoms with E-state index in [0.29, 0.717) is 23.7 Å². The number of hydrogen-bond donors (Lipinski definition) is 3. The SMILES string of the molecule is COc1ccc(N(C)c2cc(C#N)nc3ccccc23)cc1NC(=O)OCC(C)SSCCCNC(=O)CN. The molecule has 0 radical (unpaired) electrons. The maximum absolute atomic E-state index is 12.6. The molecule has 0 aliphatic rings. The molecule has 39 heavy (non-hydrogen) atoms. The van der Waals surface area contributed by atoms with E-state index >= 15 is 0 Å². The molecule has 2 amide bonds. The van der Waals surface area contributed by atoms with Crippen molar-refractivity contribution in [3.05, 3.63) is 54.2 Å². The molecule has 1 aromatic heterocycles. The maximum atomic E-state index is 12.6. The van der Waals surface area contributed by atoms with Crippen LogP contribution in [0, 0.1) is 11.3 Å². The van der Waals surface area contributed by atoms with Crippen molar-refractivity contribution < 1.29 is 19.1 Å². The molecule has 0 spiro atoms. The van der Waals surface area contributed by atoms with Gasteiger partial charge in [0.2, 0.25) is 5.91 Å². The quantitative estimate of drug-likeness (QED) is 0.197. The number of hydrogen-bond acceptors (Lipinski definition) is 10. The van der Waals surface area contributed by atoms with Crippen molar-refractivity contribution in [2.24, 2.45) is 5.73 Å². The molecule has 206 valence electrons. The predicted octanol–water partition coefficient (Wildman–Crippen LogP) is 4.67. The van der Waals surface area contributed by atoms with Gasteiger partial charge in [0.25, 0.3) is 0 Å². The summed E-state index contributed by atoms with van der Waals surface area (Å²) in [6.45, 7) is 2.79. The van der Waals surface area contributed by atoms with E-state index in [9.17, 15) is 14.9 Å². The highest BCUT2D eigenvalue weighted by atomic mass is 33.1. The Morgan fingerprint density at radius 3 is 2.77 bits per heavy atom. The van der Waals surface area contributed by atoms with Crippen LogP contribution in [0.15, 0.2) is 48.5 Å². The number of anilines is 3. The van der Waals surface area contributed by atoms with Gasteiger partial charge in [-0.2, -0.15) is 5.26 Å². The van der Waals surface area contributed by atoms with Gasteiger partial charge in [0, 0.05) is 35.7 Å². The Hall–Kier alpha value is -3.66. The van der Waals surface area contributed by atoms with Gasteiger partial charge in [-0.3, -0.25) is 10.1 Å². The molecule has 0 aliphatic heterocycles. The number of amides is 2. The van der Waals surface area contributed by atoms with E-state index in [-0.39, 0.29) is 24.3 Å². The van der Waals surface area contributed by atoms with E-state index in [4.69, 9.17) is 15.2 Å². The maximum Gasteiger partial charge on any atom is 0.411 e. The fraction of sp³-hybridized carbons (Fsp3) is 0.333. The first-order chi connectivity index (χ1) is 18.9. The number of aromatic nitrogens is 1. The predicted molar refractivity (Wildman–Crippen MR) is 159 cm³/mol. The zero-order chi connectivity index (χ0) is 28.2. The van der Waals surface area contributed by atoms with Crippen LogP contribution in [0.1, 0.15) is 19.0 Å². The zero-order valence-corrected chi connectivity index (χ0v) is 23.7. The van der Waals surface area contributed by atoms with Gasteiger partial charge in [-0.1, -0.05) is 39.8 Å². The Kier molecular flexibility index (Phi) is 11.5. The molecule has 0 aliphatic carbocycles. The van der Waals surface area contributed by atoms with E-state index < -0.39 is 6.09 Å². The summed E-state index contributed by atoms with van der Waals surface area (Å²) in [6, 6.07) is 16.9. The standard InChI is InChI=1S/C27H32N6O4S2/c1-18(39-38-12-6-11-30-26(34)16-29)17-37-27(35)32-23-14-20(9-10-25(23)36-3)33(2)24-13-19(15-28)31-22-8-5-4-7-21(22)24/h4-5,7-10,13-14,18H,6,11-12,16-17,29H2,1-3H3,(H,30,34)(H,32,35). The highest BCUT2D eigenvalue weighted by molar-refractivity contribution is 8.76. The second kappa shape index (κ2) is 15.1. The Labute approximate surface area is 236 Å². The normalized spacial score (nSPS) is 11.4. The lowest BCUT2D eigenvalue weighted by Crippen LogP contribution is -2.31. The van der Waals surface area contributed by atoms with Crippen LogP contribution in [0.4, 0.5) is 21.9 Å². The van der Waals surface area contributed by atoms with E-state index in [1.807, 2.05) is 49.2 Å². The molecular formula is C27H32N6O4S2. The lowest BCUT2D eigenvalue weighted by atomic mass is 10.1. The van der Waals surface area contributed by atoms with Crippen molar-refractivity contribution in [3.63, 3.8) is 0 Å². The van der Waals surface area contributed by atoms with Crippen molar-refractivity contribution in [1.82, 2.24) is 10.3 Å². The van der Waals surface area contributed by atoms with Gasteiger partial charge in [-0.25, -0.2) is 9.78 Å². The summed E-state index contributed by atoms with van der Waals surface area (Å²) in [5.74, 6) is 1.18. The Bertz CT molecular complexity index is 1330. The minimum Gasteiger partial charge on any atom is -0.495 e. The zero-order valence-electron chi connectivity index (χ0n) is 22.1. The second-order valence-corrected chi connectivity index (χ2v) is 11.4. The molecule has 10 nitrogen and oxygen atoms in total. The fourth-order valence-electron chi connectivity index (χ4n) is 3.60. The third-order valence-corrected chi connectivity index (χ3v) is 8.52. The number of nitrogens with one attached hydrogen (secondary N) is 2. The number of pyridine rings is 1. The van der Waals surface area contributed by atoms with Crippen molar-refractivity contribution in [1.29, 1.82) is 5.26 Å². The van der Waals surface area contributed by atoms with Gasteiger partial charge in [-0.05, 0) is 43.7 Å². The molecule has 12 heteroatoms. The van der Waals surface area contributed by atoms with Crippen LogP contribution in [-0.4, -0.2) is 61.8 Å².